The van der Waals surface area contributed by atoms with Crippen LogP contribution in [-0.4, -0.2) is 68.2 Å². The van der Waals surface area contributed by atoms with Gasteiger partial charge in [-0.15, -0.1) is 0 Å². The molecule has 2 aliphatic rings. The Morgan fingerprint density at radius 3 is 2.32 bits per heavy atom. The Labute approximate surface area is 146 Å². The first-order valence-electron chi connectivity index (χ1n) is 8.41. The molecular weight excluding hydrogens is 323 g/mol. The monoisotopic (exact) mass is 344 g/mol. The minimum Gasteiger partial charge on any atom is -0.378 e. The average Bonchev–Trinajstić information content (AvgIpc) is 2.67. The van der Waals surface area contributed by atoms with Crippen LogP contribution in [0.4, 0.5) is 10.1 Å². The van der Waals surface area contributed by atoms with E-state index in [1.165, 1.54) is 12.1 Å². The van der Waals surface area contributed by atoms with Crippen LogP contribution in [0, 0.1) is 17.1 Å². The lowest BCUT2D eigenvalue weighted by Gasteiger charge is -2.36. The topological polar surface area (TPSA) is 59.8 Å². The first-order chi connectivity index (χ1) is 12.2. The van der Waals surface area contributed by atoms with E-state index < -0.39 is 0 Å². The Balaban J connectivity index is 1.59. The maximum Gasteiger partial charge on any atom is 0.266 e. The summed E-state index contributed by atoms with van der Waals surface area (Å²) < 4.78 is 18.3. The van der Waals surface area contributed by atoms with Gasteiger partial charge in [0, 0.05) is 51.2 Å². The summed E-state index contributed by atoms with van der Waals surface area (Å²) in [5.41, 5.74) is 1.15. The minimum atomic E-state index is -0.245. The summed E-state index contributed by atoms with van der Waals surface area (Å²) in [7, 11) is 0. The van der Waals surface area contributed by atoms with Crippen molar-refractivity contribution in [2.24, 2.45) is 0 Å². The molecule has 0 radical (unpaired) electrons. The number of rotatable bonds is 3. The highest BCUT2D eigenvalue weighted by Gasteiger charge is 2.22. The SMILES string of the molecule is N#C/C(=C/N1CCN(c2ccc(F)cc2)CC1)C(=O)N1CCOCC1. The van der Waals surface area contributed by atoms with Gasteiger partial charge < -0.3 is 19.4 Å². The Bertz CT molecular complexity index is 669. The third kappa shape index (κ3) is 4.28. The number of carbonyl (C=O) groups excluding carboxylic acids is 1. The number of amides is 1. The summed E-state index contributed by atoms with van der Waals surface area (Å²) in [5, 5.41) is 9.34. The Morgan fingerprint density at radius 1 is 1.08 bits per heavy atom. The third-order valence-corrected chi connectivity index (χ3v) is 4.47. The highest BCUT2D eigenvalue weighted by molar-refractivity contribution is 5.97. The number of benzene rings is 1. The van der Waals surface area contributed by atoms with E-state index in [9.17, 15) is 14.4 Å². The van der Waals surface area contributed by atoms with Gasteiger partial charge in [-0.25, -0.2) is 4.39 Å². The zero-order valence-corrected chi connectivity index (χ0v) is 14.0. The number of ether oxygens (including phenoxy) is 1. The normalized spacial score (nSPS) is 18.9. The summed E-state index contributed by atoms with van der Waals surface area (Å²) in [4.78, 5) is 18.3. The van der Waals surface area contributed by atoms with E-state index in [1.807, 2.05) is 11.0 Å². The standard InChI is InChI=1S/C18H21FN4O2/c19-16-1-3-17(4-2-16)22-7-5-21(6-8-22)14-15(13-20)18(24)23-9-11-25-12-10-23/h1-4,14H,5-12H2/b15-14-. The van der Waals surface area contributed by atoms with Crippen molar-refractivity contribution in [2.75, 3.05) is 57.4 Å². The van der Waals surface area contributed by atoms with Crippen molar-refractivity contribution in [3.8, 4) is 6.07 Å². The molecule has 25 heavy (non-hydrogen) atoms. The highest BCUT2D eigenvalue weighted by atomic mass is 19.1. The number of nitrogens with zero attached hydrogens (tertiary/aromatic N) is 4. The van der Waals surface area contributed by atoms with E-state index in [1.54, 1.807) is 23.2 Å². The number of halogens is 1. The quantitative estimate of drug-likeness (QED) is 0.609. The molecular formula is C18H21FN4O2. The number of anilines is 1. The summed E-state index contributed by atoms with van der Waals surface area (Å²) in [6.45, 7) is 5.01. The number of piperazine rings is 1. The fourth-order valence-corrected chi connectivity index (χ4v) is 3.01. The van der Waals surface area contributed by atoms with Gasteiger partial charge in [-0.05, 0) is 24.3 Å². The van der Waals surface area contributed by atoms with Crippen molar-refractivity contribution in [1.29, 1.82) is 5.26 Å². The Kier molecular flexibility index (Phi) is 5.51. The molecule has 0 saturated carbocycles. The van der Waals surface area contributed by atoms with Crippen LogP contribution in [0.1, 0.15) is 0 Å². The van der Waals surface area contributed by atoms with Crippen LogP contribution in [0.15, 0.2) is 36.0 Å². The lowest BCUT2D eigenvalue weighted by atomic mass is 10.2. The van der Waals surface area contributed by atoms with Gasteiger partial charge in [0.25, 0.3) is 5.91 Å². The van der Waals surface area contributed by atoms with E-state index in [0.717, 1.165) is 18.8 Å². The lowest BCUT2D eigenvalue weighted by Crippen LogP contribution is -2.45. The van der Waals surface area contributed by atoms with Gasteiger partial charge in [-0.3, -0.25) is 4.79 Å². The summed E-state index contributed by atoms with van der Waals surface area (Å²) in [5.74, 6) is -0.475. The molecule has 2 heterocycles. The van der Waals surface area contributed by atoms with Gasteiger partial charge in [0.2, 0.25) is 0 Å². The molecule has 1 amide bonds. The molecule has 0 atom stereocenters. The van der Waals surface area contributed by atoms with E-state index in [-0.39, 0.29) is 17.3 Å². The molecule has 3 rings (SSSR count). The maximum atomic E-state index is 13.0. The maximum absolute atomic E-state index is 13.0. The first kappa shape index (κ1) is 17.2. The molecule has 0 spiro atoms. The van der Waals surface area contributed by atoms with Gasteiger partial charge in [0.1, 0.15) is 17.5 Å². The molecule has 0 N–H and O–H groups in total. The summed E-state index contributed by atoms with van der Waals surface area (Å²) in [6.07, 6.45) is 1.67. The predicted octanol–water partition coefficient (Wildman–Crippen LogP) is 1.21. The molecule has 6 nitrogen and oxygen atoms in total. The smallest absolute Gasteiger partial charge is 0.266 e. The molecule has 0 unspecified atom stereocenters. The van der Waals surface area contributed by atoms with E-state index >= 15 is 0 Å². The van der Waals surface area contributed by atoms with Crippen LogP contribution in [-0.2, 0) is 9.53 Å². The molecule has 2 fully saturated rings. The zero-order valence-electron chi connectivity index (χ0n) is 14.0. The van der Waals surface area contributed by atoms with Crippen LogP contribution in [0.5, 0.6) is 0 Å². The second-order valence-electron chi connectivity index (χ2n) is 6.06. The van der Waals surface area contributed by atoms with Crippen LogP contribution in [0.25, 0.3) is 0 Å². The largest absolute Gasteiger partial charge is 0.378 e. The number of hydrogen-bond acceptors (Lipinski definition) is 5. The molecule has 2 aliphatic heterocycles. The van der Waals surface area contributed by atoms with Gasteiger partial charge in [0.15, 0.2) is 0 Å². The zero-order chi connectivity index (χ0) is 17.6. The number of hydrogen-bond donors (Lipinski definition) is 0. The van der Waals surface area contributed by atoms with Gasteiger partial charge >= 0.3 is 0 Å². The van der Waals surface area contributed by atoms with E-state index in [2.05, 4.69) is 4.90 Å². The van der Waals surface area contributed by atoms with Crippen LogP contribution >= 0.6 is 0 Å². The van der Waals surface area contributed by atoms with Crippen molar-refractivity contribution in [1.82, 2.24) is 9.80 Å². The molecule has 7 heteroatoms. The van der Waals surface area contributed by atoms with Crippen LogP contribution < -0.4 is 4.90 Å². The molecule has 1 aromatic carbocycles. The minimum absolute atomic E-state index is 0.164. The van der Waals surface area contributed by atoms with Crippen molar-refractivity contribution >= 4 is 11.6 Å². The van der Waals surface area contributed by atoms with E-state index in [0.29, 0.717) is 39.4 Å². The van der Waals surface area contributed by atoms with Crippen molar-refractivity contribution in [3.63, 3.8) is 0 Å². The van der Waals surface area contributed by atoms with Crippen LogP contribution in [0.3, 0.4) is 0 Å². The Hall–Kier alpha value is -2.59. The number of nitriles is 1. The fraction of sp³-hybridized carbons (Fsp3) is 0.444. The molecule has 132 valence electrons. The molecule has 2 saturated heterocycles. The molecule has 1 aromatic rings. The first-order valence-corrected chi connectivity index (χ1v) is 8.41. The average molecular weight is 344 g/mol. The molecule has 0 bridgehead atoms. The highest BCUT2D eigenvalue weighted by Crippen LogP contribution is 2.17. The van der Waals surface area contributed by atoms with Gasteiger partial charge in [0.05, 0.1) is 13.2 Å². The number of morpholine rings is 1. The summed E-state index contributed by atoms with van der Waals surface area (Å²) in [6, 6.07) is 8.47. The second kappa shape index (κ2) is 7.99. The van der Waals surface area contributed by atoms with Crippen molar-refractivity contribution in [3.05, 3.63) is 41.9 Å². The van der Waals surface area contributed by atoms with Crippen LogP contribution in [0.2, 0.25) is 0 Å². The molecule has 0 aliphatic carbocycles. The van der Waals surface area contributed by atoms with Crippen molar-refractivity contribution < 1.29 is 13.9 Å². The van der Waals surface area contributed by atoms with Gasteiger partial charge in [-0.2, -0.15) is 5.26 Å². The number of carbonyl (C=O) groups is 1. The molecule has 0 aromatic heterocycles. The summed E-state index contributed by atoms with van der Waals surface area (Å²) >= 11 is 0. The Morgan fingerprint density at radius 2 is 1.72 bits per heavy atom. The van der Waals surface area contributed by atoms with E-state index in [4.69, 9.17) is 4.74 Å². The van der Waals surface area contributed by atoms with Crippen molar-refractivity contribution in [2.45, 2.75) is 0 Å². The second-order valence-corrected chi connectivity index (χ2v) is 6.06. The third-order valence-electron chi connectivity index (χ3n) is 4.47. The van der Waals surface area contributed by atoms with Gasteiger partial charge in [-0.1, -0.05) is 0 Å². The lowest BCUT2D eigenvalue weighted by molar-refractivity contribution is -0.130. The predicted molar refractivity (Wildman–Crippen MR) is 91.3 cm³/mol. The fourth-order valence-electron chi connectivity index (χ4n) is 3.01.